The Morgan fingerprint density at radius 3 is 2.44 bits per heavy atom. The first kappa shape index (κ1) is 22.8. The number of hydrogen-bond acceptors (Lipinski definition) is 5. The predicted octanol–water partition coefficient (Wildman–Crippen LogP) is 4.06. The highest BCUT2D eigenvalue weighted by Gasteiger charge is 2.32. The first-order valence-corrected chi connectivity index (χ1v) is 12.6. The minimum atomic E-state index is -3.72. The number of benzene rings is 2. The molecule has 7 nitrogen and oxygen atoms in total. The summed E-state index contributed by atoms with van der Waals surface area (Å²) in [6.07, 6.45) is 4.34. The van der Waals surface area contributed by atoms with Crippen molar-refractivity contribution >= 4 is 21.6 Å². The van der Waals surface area contributed by atoms with E-state index in [1.807, 2.05) is 26.0 Å². The third-order valence-electron chi connectivity index (χ3n) is 5.82. The van der Waals surface area contributed by atoms with Gasteiger partial charge in [-0.3, -0.25) is 4.79 Å². The summed E-state index contributed by atoms with van der Waals surface area (Å²) >= 11 is 0. The van der Waals surface area contributed by atoms with Crippen molar-refractivity contribution in [3.05, 3.63) is 54.1 Å². The first-order chi connectivity index (χ1) is 15.3. The standard InChI is InChI=1S/C24H30N2O5S/c1-17-15-26(16-18(2)30-17)32(28,29)23-12-5-7-19(13-23)24(27)25-20-8-6-11-22(14-20)31-21-9-3-4-10-21/h5-8,11-14,17-18,21H,3-4,9-10,15-16H2,1-2H3,(H,25,27). The van der Waals surface area contributed by atoms with Crippen LogP contribution >= 0.6 is 0 Å². The van der Waals surface area contributed by atoms with Crippen LogP contribution in [0.1, 0.15) is 49.9 Å². The molecule has 4 rings (SSSR count). The fourth-order valence-electron chi connectivity index (χ4n) is 4.32. The zero-order chi connectivity index (χ0) is 22.7. The highest BCUT2D eigenvalue weighted by atomic mass is 32.2. The number of anilines is 1. The molecule has 32 heavy (non-hydrogen) atoms. The molecule has 2 unspecified atom stereocenters. The Morgan fingerprint density at radius 1 is 1.03 bits per heavy atom. The summed E-state index contributed by atoms with van der Waals surface area (Å²) in [5, 5.41) is 2.85. The van der Waals surface area contributed by atoms with Crippen molar-refractivity contribution in [2.75, 3.05) is 18.4 Å². The molecule has 1 aliphatic heterocycles. The number of nitrogens with one attached hydrogen (secondary N) is 1. The first-order valence-electron chi connectivity index (χ1n) is 11.1. The average molecular weight is 459 g/mol. The van der Waals surface area contributed by atoms with E-state index in [0.717, 1.165) is 18.6 Å². The van der Waals surface area contributed by atoms with Gasteiger partial charge < -0.3 is 14.8 Å². The monoisotopic (exact) mass is 458 g/mol. The molecule has 0 spiro atoms. The van der Waals surface area contributed by atoms with Gasteiger partial charge in [-0.15, -0.1) is 0 Å². The zero-order valence-corrected chi connectivity index (χ0v) is 19.3. The van der Waals surface area contributed by atoms with Crippen LogP contribution < -0.4 is 10.1 Å². The molecule has 1 saturated heterocycles. The predicted molar refractivity (Wildman–Crippen MR) is 122 cm³/mol. The van der Waals surface area contributed by atoms with Crippen molar-refractivity contribution in [3.8, 4) is 5.75 Å². The van der Waals surface area contributed by atoms with Gasteiger partial charge in [-0.05, 0) is 69.9 Å². The van der Waals surface area contributed by atoms with Crippen molar-refractivity contribution in [1.29, 1.82) is 0 Å². The minimum absolute atomic E-state index is 0.102. The summed E-state index contributed by atoms with van der Waals surface area (Å²) in [6.45, 7) is 4.28. The molecule has 2 aromatic rings. The molecule has 1 saturated carbocycles. The molecule has 0 aromatic heterocycles. The number of amides is 1. The summed E-state index contributed by atoms with van der Waals surface area (Å²) in [5.74, 6) is 0.352. The van der Waals surface area contributed by atoms with E-state index >= 15 is 0 Å². The van der Waals surface area contributed by atoms with Crippen LogP contribution in [0.2, 0.25) is 0 Å². The molecule has 1 N–H and O–H groups in total. The van der Waals surface area contributed by atoms with Crippen molar-refractivity contribution in [2.24, 2.45) is 0 Å². The third-order valence-corrected chi connectivity index (χ3v) is 7.64. The van der Waals surface area contributed by atoms with Gasteiger partial charge in [-0.2, -0.15) is 4.31 Å². The molecule has 0 radical (unpaired) electrons. The Hall–Kier alpha value is -2.42. The number of carbonyl (C=O) groups excluding carboxylic acids is 1. The normalized spacial score (nSPS) is 22.6. The number of nitrogens with zero attached hydrogens (tertiary/aromatic N) is 1. The van der Waals surface area contributed by atoms with E-state index in [4.69, 9.17) is 9.47 Å². The van der Waals surface area contributed by atoms with Crippen LogP contribution in [0.4, 0.5) is 5.69 Å². The Kier molecular flexibility index (Phi) is 6.83. The molecule has 2 fully saturated rings. The summed E-state index contributed by atoms with van der Waals surface area (Å²) < 4.78 is 39.4. The van der Waals surface area contributed by atoms with Gasteiger partial charge in [0.1, 0.15) is 5.75 Å². The van der Waals surface area contributed by atoms with Crippen molar-refractivity contribution in [2.45, 2.75) is 62.7 Å². The molecular formula is C24H30N2O5S. The maximum atomic E-state index is 13.1. The van der Waals surface area contributed by atoms with E-state index in [1.165, 1.54) is 29.3 Å². The van der Waals surface area contributed by atoms with Crippen LogP contribution in [-0.2, 0) is 14.8 Å². The lowest BCUT2D eigenvalue weighted by Gasteiger charge is -2.34. The van der Waals surface area contributed by atoms with E-state index in [9.17, 15) is 13.2 Å². The highest BCUT2D eigenvalue weighted by molar-refractivity contribution is 7.89. The van der Waals surface area contributed by atoms with Gasteiger partial charge >= 0.3 is 0 Å². The van der Waals surface area contributed by atoms with Gasteiger partial charge in [0.25, 0.3) is 5.91 Å². The van der Waals surface area contributed by atoms with Crippen LogP contribution in [0.15, 0.2) is 53.4 Å². The van der Waals surface area contributed by atoms with Gasteiger partial charge in [0.05, 0.1) is 23.2 Å². The van der Waals surface area contributed by atoms with E-state index in [-0.39, 0.29) is 47.8 Å². The van der Waals surface area contributed by atoms with Gasteiger partial charge in [-0.1, -0.05) is 12.1 Å². The highest BCUT2D eigenvalue weighted by Crippen LogP contribution is 2.26. The fourth-order valence-corrected chi connectivity index (χ4v) is 5.96. The lowest BCUT2D eigenvalue weighted by atomic mass is 10.2. The van der Waals surface area contributed by atoms with Crippen LogP contribution in [0.25, 0.3) is 0 Å². The van der Waals surface area contributed by atoms with Crippen LogP contribution in [0.5, 0.6) is 5.75 Å². The molecule has 2 aromatic carbocycles. The van der Waals surface area contributed by atoms with Crippen molar-refractivity contribution < 1.29 is 22.7 Å². The number of hydrogen-bond donors (Lipinski definition) is 1. The second-order valence-electron chi connectivity index (χ2n) is 8.61. The molecule has 2 atom stereocenters. The molecule has 1 amide bonds. The molecular weight excluding hydrogens is 428 g/mol. The van der Waals surface area contributed by atoms with Gasteiger partial charge in [0, 0.05) is 30.4 Å². The Labute approximate surface area is 189 Å². The lowest BCUT2D eigenvalue weighted by molar-refractivity contribution is -0.0440. The molecule has 8 heteroatoms. The summed E-state index contributed by atoms with van der Waals surface area (Å²) in [4.78, 5) is 13.0. The second kappa shape index (κ2) is 9.60. The second-order valence-corrected chi connectivity index (χ2v) is 10.6. The van der Waals surface area contributed by atoms with Crippen molar-refractivity contribution in [3.63, 3.8) is 0 Å². The molecule has 1 heterocycles. The van der Waals surface area contributed by atoms with Crippen LogP contribution in [-0.4, -0.2) is 50.0 Å². The molecule has 0 bridgehead atoms. The lowest BCUT2D eigenvalue weighted by Crippen LogP contribution is -2.48. The van der Waals surface area contributed by atoms with Crippen LogP contribution in [0, 0.1) is 0 Å². The van der Waals surface area contributed by atoms with Gasteiger partial charge in [0.15, 0.2) is 0 Å². The fraction of sp³-hybridized carbons (Fsp3) is 0.458. The van der Waals surface area contributed by atoms with Crippen molar-refractivity contribution in [1.82, 2.24) is 4.31 Å². The number of rotatable bonds is 6. The van der Waals surface area contributed by atoms with E-state index in [1.54, 1.807) is 24.3 Å². The smallest absolute Gasteiger partial charge is 0.255 e. The Bertz CT molecular complexity index is 1060. The quantitative estimate of drug-likeness (QED) is 0.706. The van der Waals surface area contributed by atoms with E-state index in [2.05, 4.69) is 5.32 Å². The summed E-state index contributed by atoms with van der Waals surface area (Å²) in [6, 6.07) is 13.4. The van der Waals surface area contributed by atoms with E-state index in [0.29, 0.717) is 5.69 Å². The molecule has 2 aliphatic rings. The summed E-state index contributed by atoms with van der Waals surface area (Å²) in [7, 11) is -3.72. The maximum Gasteiger partial charge on any atom is 0.255 e. The Balaban J connectivity index is 1.48. The minimum Gasteiger partial charge on any atom is -0.490 e. The number of morpholine rings is 1. The largest absolute Gasteiger partial charge is 0.490 e. The van der Waals surface area contributed by atoms with E-state index < -0.39 is 10.0 Å². The third kappa shape index (κ3) is 5.31. The zero-order valence-electron chi connectivity index (χ0n) is 18.5. The Morgan fingerprint density at radius 2 is 1.72 bits per heavy atom. The molecule has 1 aliphatic carbocycles. The summed E-state index contributed by atoms with van der Waals surface area (Å²) in [5.41, 5.74) is 0.886. The maximum absolute atomic E-state index is 13.1. The molecule has 172 valence electrons. The number of sulfonamides is 1. The SMILES string of the molecule is CC1CN(S(=O)(=O)c2cccc(C(=O)Nc3cccc(OC4CCCC4)c3)c2)CC(C)O1. The van der Waals surface area contributed by atoms with Crippen LogP contribution in [0.3, 0.4) is 0 Å². The number of ether oxygens (including phenoxy) is 2. The van der Waals surface area contributed by atoms with Gasteiger partial charge in [0.2, 0.25) is 10.0 Å². The van der Waals surface area contributed by atoms with Gasteiger partial charge in [-0.25, -0.2) is 8.42 Å². The average Bonchev–Trinajstić information content (AvgIpc) is 3.26. The number of carbonyl (C=O) groups is 1. The topological polar surface area (TPSA) is 84.9 Å².